The number of urea groups is 1. The molecule has 33 heavy (non-hydrogen) atoms. The highest BCUT2D eigenvalue weighted by Crippen LogP contribution is 2.30. The van der Waals surface area contributed by atoms with Crippen LogP contribution in [0.1, 0.15) is 39.8 Å². The van der Waals surface area contributed by atoms with Crippen molar-refractivity contribution in [1.29, 1.82) is 0 Å². The highest BCUT2D eigenvalue weighted by molar-refractivity contribution is 6.38. The van der Waals surface area contributed by atoms with E-state index in [1.807, 2.05) is 0 Å². The molecule has 0 radical (unpaired) electrons. The zero-order chi connectivity index (χ0) is 23.7. The highest BCUT2D eigenvalue weighted by Gasteiger charge is 2.33. The Morgan fingerprint density at radius 1 is 1.21 bits per heavy atom. The topological polar surface area (TPSA) is 110 Å². The molecule has 11 heteroatoms. The van der Waals surface area contributed by atoms with E-state index in [1.165, 1.54) is 22.3 Å². The van der Waals surface area contributed by atoms with Crippen LogP contribution in [0.2, 0.25) is 5.02 Å². The number of carbonyl (C=O) groups excluding carboxylic acids is 3. The van der Waals surface area contributed by atoms with Crippen LogP contribution in [-0.2, 0) is 11.8 Å². The highest BCUT2D eigenvalue weighted by atomic mass is 35.5. The van der Waals surface area contributed by atoms with Gasteiger partial charge in [-0.1, -0.05) is 17.7 Å². The Morgan fingerprint density at radius 2 is 1.97 bits per heavy atom. The first kappa shape index (κ1) is 22.5. The second-order valence-electron chi connectivity index (χ2n) is 7.53. The molecule has 3 aromatic rings. The lowest BCUT2D eigenvalue weighted by atomic mass is 10.2. The number of benzene rings is 1. The van der Waals surface area contributed by atoms with Crippen molar-refractivity contribution >= 4 is 46.2 Å². The summed E-state index contributed by atoms with van der Waals surface area (Å²) in [7, 11) is 1.75. The zero-order valence-corrected chi connectivity index (χ0v) is 19.2. The molecule has 1 aliphatic heterocycles. The largest absolute Gasteiger partial charge is 0.462 e. The smallest absolute Gasteiger partial charge is 0.340 e. The third-order valence-corrected chi connectivity index (χ3v) is 5.71. The van der Waals surface area contributed by atoms with Gasteiger partial charge in [0.05, 0.1) is 33.8 Å². The predicted molar refractivity (Wildman–Crippen MR) is 122 cm³/mol. The molecule has 1 fully saturated rings. The first-order chi connectivity index (χ1) is 15.8. The van der Waals surface area contributed by atoms with E-state index in [1.54, 1.807) is 43.8 Å². The predicted octanol–water partition coefficient (Wildman–Crippen LogP) is 3.40. The number of amides is 3. The number of halogens is 1. The number of rotatable bonds is 4. The van der Waals surface area contributed by atoms with E-state index in [0.29, 0.717) is 47.5 Å². The molecule has 0 bridgehead atoms. The van der Waals surface area contributed by atoms with Crippen LogP contribution >= 0.6 is 11.6 Å². The van der Waals surface area contributed by atoms with E-state index in [0.717, 1.165) is 0 Å². The van der Waals surface area contributed by atoms with Gasteiger partial charge in [0.15, 0.2) is 5.65 Å². The Labute approximate surface area is 195 Å². The Balaban J connectivity index is 1.55. The molecule has 3 amide bonds. The van der Waals surface area contributed by atoms with Crippen LogP contribution in [-0.4, -0.2) is 62.4 Å². The van der Waals surface area contributed by atoms with Crippen LogP contribution in [0.4, 0.5) is 10.5 Å². The number of hydrogen-bond acceptors (Lipinski definition) is 6. The number of fused-ring (bicyclic) bond motifs is 1. The minimum absolute atomic E-state index is 0.198. The summed E-state index contributed by atoms with van der Waals surface area (Å²) in [6.45, 7) is 4.48. The number of aromatic nitrogens is 3. The summed E-state index contributed by atoms with van der Waals surface area (Å²) < 4.78 is 6.60. The van der Waals surface area contributed by atoms with Crippen molar-refractivity contribution < 1.29 is 19.1 Å². The van der Waals surface area contributed by atoms with Gasteiger partial charge >= 0.3 is 12.0 Å². The summed E-state index contributed by atoms with van der Waals surface area (Å²) in [6.07, 6.45) is 2.02. The number of ether oxygens (including phenoxy) is 1. The standard InChI is InChI=1S/C22H23ClN6O4/c1-4-33-21(31)14-7-5-8-15(11-14)25-22(32)29-10-6-9-28(29)20(30)16-12-24-19-17(18(16)23)13(2)26-27(19)3/h5,7-8,11-12H,4,6,9-10H2,1-3H3,(H,25,32). The van der Waals surface area contributed by atoms with Gasteiger partial charge in [0.1, 0.15) is 0 Å². The molecule has 1 aliphatic rings. The van der Waals surface area contributed by atoms with Crippen LogP contribution in [0.5, 0.6) is 0 Å². The summed E-state index contributed by atoms with van der Waals surface area (Å²) in [5.74, 6) is -0.902. The summed E-state index contributed by atoms with van der Waals surface area (Å²) in [5.41, 5.74) is 2.17. The molecule has 0 saturated carbocycles. The van der Waals surface area contributed by atoms with E-state index in [4.69, 9.17) is 16.3 Å². The maximum absolute atomic E-state index is 13.3. The molecule has 3 heterocycles. The summed E-state index contributed by atoms with van der Waals surface area (Å²) in [4.78, 5) is 42.6. The van der Waals surface area contributed by atoms with Crippen molar-refractivity contribution in [3.05, 3.63) is 52.3 Å². The molecular formula is C22H23ClN6O4. The van der Waals surface area contributed by atoms with Gasteiger partial charge in [-0.05, 0) is 38.5 Å². The Morgan fingerprint density at radius 3 is 2.73 bits per heavy atom. The summed E-state index contributed by atoms with van der Waals surface area (Å²) in [5, 5.41) is 10.6. The van der Waals surface area contributed by atoms with Gasteiger partial charge in [0.25, 0.3) is 5.91 Å². The van der Waals surface area contributed by atoms with Crippen molar-refractivity contribution in [2.24, 2.45) is 7.05 Å². The van der Waals surface area contributed by atoms with Crippen molar-refractivity contribution in [2.45, 2.75) is 20.3 Å². The maximum atomic E-state index is 13.3. The van der Waals surface area contributed by atoms with E-state index in [2.05, 4.69) is 15.4 Å². The van der Waals surface area contributed by atoms with Crippen LogP contribution in [0.25, 0.3) is 11.0 Å². The average molecular weight is 471 g/mol. The number of nitrogens with zero attached hydrogens (tertiary/aromatic N) is 5. The lowest BCUT2D eigenvalue weighted by molar-refractivity contribution is 0.0404. The number of nitrogens with one attached hydrogen (secondary N) is 1. The normalized spacial score (nSPS) is 13.5. The summed E-state index contributed by atoms with van der Waals surface area (Å²) in [6, 6.07) is 5.93. The fraction of sp³-hybridized carbons (Fsp3) is 0.318. The maximum Gasteiger partial charge on any atom is 0.340 e. The third kappa shape index (κ3) is 4.21. The molecule has 0 aliphatic carbocycles. The monoisotopic (exact) mass is 470 g/mol. The molecule has 0 unspecified atom stereocenters. The Kier molecular flexibility index (Phi) is 6.19. The third-order valence-electron chi connectivity index (χ3n) is 5.32. The molecule has 1 aromatic carbocycles. The molecular weight excluding hydrogens is 448 g/mol. The number of anilines is 1. The quantitative estimate of drug-likeness (QED) is 0.585. The van der Waals surface area contributed by atoms with Gasteiger partial charge in [0, 0.05) is 32.0 Å². The van der Waals surface area contributed by atoms with Crippen LogP contribution < -0.4 is 5.32 Å². The van der Waals surface area contributed by atoms with E-state index < -0.39 is 17.9 Å². The number of aryl methyl sites for hydroxylation is 2. The van der Waals surface area contributed by atoms with Crippen LogP contribution in [0, 0.1) is 6.92 Å². The number of esters is 1. The van der Waals surface area contributed by atoms with Crippen molar-refractivity contribution in [3.63, 3.8) is 0 Å². The zero-order valence-electron chi connectivity index (χ0n) is 18.5. The first-order valence-corrected chi connectivity index (χ1v) is 10.8. The molecule has 1 saturated heterocycles. The number of carbonyl (C=O) groups is 3. The summed E-state index contributed by atoms with van der Waals surface area (Å²) >= 11 is 6.56. The van der Waals surface area contributed by atoms with Gasteiger partial charge in [-0.2, -0.15) is 5.10 Å². The lowest BCUT2D eigenvalue weighted by Gasteiger charge is -2.28. The fourth-order valence-corrected chi connectivity index (χ4v) is 4.17. The van der Waals surface area contributed by atoms with Crippen molar-refractivity contribution in [1.82, 2.24) is 24.8 Å². The number of pyridine rings is 1. The second kappa shape index (κ2) is 9.07. The minimum Gasteiger partial charge on any atom is -0.462 e. The molecule has 0 atom stereocenters. The lowest BCUT2D eigenvalue weighted by Crippen LogP contribution is -2.46. The van der Waals surface area contributed by atoms with Gasteiger partial charge in [-0.15, -0.1) is 0 Å². The number of hydrogen-bond donors (Lipinski definition) is 1. The number of hydrazine groups is 1. The second-order valence-corrected chi connectivity index (χ2v) is 7.91. The molecule has 2 aromatic heterocycles. The van der Waals surface area contributed by atoms with Crippen molar-refractivity contribution in [3.8, 4) is 0 Å². The Bertz CT molecular complexity index is 1260. The van der Waals surface area contributed by atoms with E-state index in [9.17, 15) is 14.4 Å². The minimum atomic E-state index is -0.496. The Hall–Kier alpha value is -3.66. The molecule has 1 N–H and O–H groups in total. The molecule has 0 spiro atoms. The van der Waals surface area contributed by atoms with Crippen molar-refractivity contribution in [2.75, 3.05) is 25.0 Å². The van der Waals surface area contributed by atoms with Gasteiger partial charge in [-0.3, -0.25) is 9.48 Å². The van der Waals surface area contributed by atoms with Crippen LogP contribution in [0.3, 0.4) is 0 Å². The molecule has 4 rings (SSSR count). The van der Waals surface area contributed by atoms with Gasteiger partial charge in [0.2, 0.25) is 0 Å². The molecule has 10 nitrogen and oxygen atoms in total. The fourth-order valence-electron chi connectivity index (χ4n) is 3.82. The van der Waals surface area contributed by atoms with E-state index in [-0.39, 0.29) is 17.2 Å². The molecule has 172 valence electrons. The van der Waals surface area contributed by atoms with Gasteiger partial charge < -0.3 is 10.1 Å². The van der Waals surface area contributed by atoms with Crippen LogP contribution in [0.15, 0.2) is 30.5 Å². The average Bonchev–Trinajstić information content (AvgIpc) is 3.39. The van der Waals surface area contributed by atoms with E-state index >= 15 is 0 Å². The first-order valence-electron chi connectivity index (χ1n) is 10.5. The van der Waals surface area contributed by atoms with Gasteiger partial charge in [-0.25, -0.2) is 24.6 Å². The SMILES string of the molecule is CCOC(=O)c1cccc(NC(=O)N2CCCN2C(=O)c2cnc3c(c(C)nn3C)c2Cl)c1.